The molecule has 0 spiro atoms. The van der Waals surface area contributed by atoms with Crippen LogP contribution in [0.3, 0.4) is 0 Å². The average Bonchev–Trinajstić information content (AvgIpc) is 3.81. The Balaban J connectivity index is 1.67. The number of carbonyl (C=O) groups is 5. The predicted molar refractivity (Wildman–Crippen MR) is 211 cm³/mol. The third-order valence-electron chi connectivity index (χ3n) is 10.3. The van der Waals surface area contributed by atoms with Crippen molar-refractivity contribution in [1.29, 1.82) is 0 Å². The van der Waals surface area contributed by atoms with Crippen LogP contribution in [0, 0.1) is 0 Å². The Labute approximate surface area is 342 Å². The van der Waals surface area contributed by atoms with Crippen LogP contribution >= 0.6 is 0 Å². The number of aliphatic hydroxyl groups excluding tert-OH is 1. The molecule has 0 radical (unpaired) electrons. The van der Waals surface area contributed by atoms with Gasteiger partial charge in [-0.2, -0.15) is 0 Å². The molecule has 1 saturated heterocycles. The van der Waals surface area contributed by atoms with Crippen molar-refractivity contribution in [3.05, 3.63) is 192 Å². The Hall–Kier alpha value is -7.36. The van der Waals surface area contributed by atoms with E-state index in [1.165, 1.54) is 60.7 Å². The van der Waals surface area contributed by atoms with Gasteiger partial charge in [0.15, 0.2) is 23.4 Å². The number of aliphatic hydroxyl groups is 3. The summed E-state index contributed by atoms with van der Waals surface area (Å²) in [5.74, 6) is -9.37. The van der Waals surface area contributed by atoms with Crippen LogP contribution in [0.2, 0.25) is 0 Å². The topological polar surface area (TPSA) is 225 Å². The van der Waals surface area contributed by atoms with Crippen molar-refractivity contribution >= 4 is 45.9 Å². The number of nitrogens with zero attached hydrogens (tertiary/aromatic N) is 4. The van der Waals surface area contributed by atoms with Gasteiger partial charge in [0.1, 0.15) is 18.2 Å². The molecule has 0 bridgehead atoms. The van der Waals surface area contributed by atoms with Gasteiger partial charge in [0.25, 0.3) is 5.72 Å². The van der Waals surface area contributed by atoms with Crippen molar-refractivity contribution in [1.82, 2.24) is 19.5 Å². The maximum Gasteiger partial charge on any atom is 0.253 e. The van der Waals surface area contributed by atoms with E-state index in [9.17, 15) is 20.1 Å². The molecule has 0 saturated carbocycles. The summed E-state index contributed by atoms with van der Waals surface area (Å²) in [6.45, 7) is 0. The van der Waals surface area contributed by atoms with E-state index in [1.807, 2.05) is 0 Å². The van der Waals surface area contributed by atoms with Crippen LogP contribution in [-0.2, 0) is 10.5 Å². The highest BCUT2D eigenvalue weighted by Gasteiger charge is 2.91. The second-order valence-corrected chi connectivity index (χ2v) is 13.4. The lowest BCUT2D eigenvalue weighted by Crippen LogP contribution is -2.78. The zero-order valence-electron chi connectivity index (χ0n) is 35.4. The molecule has 3 heterocycles. The van der Waals surface area contributed by atoms with Crippen LogP contribution in [0.5, 0.6) is 0 Å². The lowest BCUT2D eigenvalue weighted by Gasteiger charge is -2.45. The Morgan fingerprint density at radius 3 is 1.53 bits per heavy atom. The second kappa shape index (κ2) is 14.5. The Bertz CT molecular complexity index is 3060. The molecule has 5 atom stereocenters. The fraction of sp³-hybridized carbons (Fsp3) is 0.111. The zero-order chi connectivity index (χ0) is 45.9. The number of ether oxygens (including phenoxy) is 1. The molecule has 14 nitrogen and oxygen atoms in total. The van der Waals surface area contributed by atoms with Crippen molar-refractivity contribution in [3.63, 3.8) is 0 Å². The number of ketones is 5. The van der Waals surface area contributed by atoms with Crippen molar-refractivity contribution in [3.8, 4) is 0 Å². The highest BCUT2D eigenvalue weighted by Crippen LogP contribution is 2.61. The van der Waals surface area contributed by atoms with Gasteiger partial charge in [-0.3, -0.25) is 28.5 Å². The van der Waals surface area contributed by atoms with E-state index in [4.69, 9.17) is 17.3 Å². The van der Waals surface area contributed by atoms with Crippen molar-refractivity contribution in [2.45, 2.75) is 28.6 Å². The molecule has 14 heteroatoms. The summed E-state index contributed by atoms with van der Waals surface area (Å²) in [4.78, 5) is 91.1. The number of hydrogen-bond acceptors (Lipinski definition) is 13. The van der Waals surface area contributed by atoms with Gasteiger partial charge in [0, 0.05) is 27.8 Å². The number of carbonyl (C=O) groups excluding carboxylic acids is 5. The van der Waals surface area contributed by atoms with E-state index < -0.39 is 121 Å². The summed E-state index contributed by atoms with van der Waals surface area (Å²) < 4.78 is 51.2. The highest BCUT2D eigenvalue weighted by molar-refractivity contribution is 6.24. The first kappa shape index (κ1) is 32.7. The van der Waals surface area contributed by atoms with Crippen LogP contribution < -0.4 is 5.73 Å². The molecular weight excluding hydrogens is 755 g/mol. The normalized spacial score (nSPS) is 24.2. The molecule has 5 N–H and O–H groups in total. The third kappa shape index (κ3) is 5.42. The molecule has 1 fully saturated rings. The summed E-state index contributed by atoms with van der Waals surface area (Å²) in [6, 6.07) is 20.1. The van der Waals surface area contributed by atoms with Crippen molar-refractivity contribution < 1.29 is 50.9 Å². The Morgan fingerprint density at radius 1 is 0.593 bits per heavy atom. The fourth-order valence-corrected chi connectivity index (χ4v) is 7.55. The predicted octanol–water partition coefficient (Wildman–Crippen LogP) is 4.07. The van der Waals surface area contributed by atoms with Crippen molar-refractivity contribution in [2.24, 2.45) is 0 Å². The number of fused-ring (bicyclic) bond motifs is 1. The quantitative estimate of drug-likeness (QED) is 0.128. The number of rotatable bonds is 12. The first-order chi connectivity index (χ1) is 30.5. The number of anilines is 1. The molecule has 7 aromatic rings. The maximum atomic E-state index is 16.1. The minimum absolute atomic E-state index is 0.348. The van der Waals surface area contributed by atoms with Gasteiger partial charge < -0.3 is 25.8 Å². The Morgan fingerprint density at radius 2 is 1.03 bits per heavy atom. The lowest BCUT2D eigenvalue weighted by atomic mass is 9.59. The van der Waals surface area contributed by atoms with E-state index in [2.05, 4.69) is 15.0 Å². The molecule has 5 aromatic carbocycles. The maximum absolute atomic E-state index is 16.1. The summed E-state index contributed by atoms with van der Waals surface area (Å²) in [5, 5.41) is 41.3. The summed E-state index contributed by atoms with van der Waals surface area (Å²) in [5.41, 5.74) is -15.7. The second-order valence-electron chi connectivity index (χ2n) is 13.4. The van der Waals surface area contributed by atoms with E-state index in [-0.39, 0.29) is 11.3 Å². The highest BCUT2D eigenvalue weighted by atomic mass is 16.6. The van der Waals surface area contributed by atoms with Crippen molar-refractivity contribution in [2.75, 3.05) is 5.73 Å². The van der Waals surface area contributed by atoms with Gasteiger partial charge >= 0.3 is 0 Å². The van der Waals surface area contributed by atoms with Gasteiger partial charge in [-0.05, 0) is 0 Å². The summed E-state index contributed by atoms with van der Waals surface area (Å²) >= 11 is 0. The summed E-state index contributed by atoms with van der Waals surface area (Å²) in [7, 11) is 0. The molecule has 0 aliphatic carbocycles. The SMILES string of the molecule is [2H]c1ccccc1C(=O)C(O)[C@@]1(C(=O)c2ccccc2[2H])O[C@@](C(=O)c2ccccc2[2H])(n2cnc3c(N)ncnc32)[C@@](O)(C(=O)c2ccccc2[2H])[C@@]1(O)C(=O)c1ccccc1[2H]. The van der Waals surface area contributed by atoms with E-state index >= 15 is 19.2 Å². The van der Waals surface area contributed by atoms with E-state index in [1.54, 1.807) is 0 Å². The number of benzene rings is 5. The largest absolute Gasteiger partial charge is 0.382 e. The van der Waals surface area contributed by atoms with Gasteiger partial charge in [-0.15, -0.1) is 0 Å². The minimum Gasteiger partial charge on any atom is -0.382 e. The van der Waals surface area contributed by atoms with E-state index in [0.717, 1.165) is 73.3 Å². The van der Waals surface area contributed by atoms with Gasteiger partial charge in [-0.1, -0.05) is 152 Å². The number of nitrogen functional groups attached to an aromatic ring is 1. The number of nitrogens with two attached hydrogens (primary N) is 1. The van der Waals surface area contributed by atoms with Crippen LogP contribution in [0.15, 0.2) is 164 Å². The third-order valence-corrected chi connectivity index (χ3v) is 10.3. The average molecular weight is 793 g/mol. The van der Waals surface area contributed by atoms with Gasteiger partial charge in [0.2, 0.25) is 39.9 Å². The number of hydrogen-bond donors (Lipinski definition) is 4. The molecule has 1 aliphatic rings. The molecule has 2 aromatic heterocycles. The monoisotopic (exact) mass is 792 g/mol. The minimum atomic E-state index is -4.54. The number of Topliss-reactive ketones (excluding diaryl/α,β-unsaturated/α-hetero) is 5. The van der Waals surface area contributed by atoms with Crippen LogP contribution in [0.4, 0.5) is 5.82 Å². The zero-order valence-corrected chi connectivity index (χ0v) is 30.4. The Kier molecular flexibility index (Phi) is 8.06. The fourth-order valence-electron chi connectivity index (χ4n) is 7.55. The van der Waals surface area contributed by atoms with Crippen LogP contribution in [0.1, 0.15) is 58.6 Å². The van der Waals surface area contributed by atoms with Crippen LogP contribution in [-0.4, -0.2) is 86.7 Å². The smallest absolute Gasteiger partial charge is 0.253 e. The number of imidazole rings is 1. The number of aromatic nitrogens is 4. The molecule has 0 amide bonds. The van der Waals surface area contributed by atoms with Gasteiger partial charge in [-0.25, -0.2) is 15.0 Å². The molecule has 1 unspecified atom stereocenters. The first-order valence-electron chi connectivity index (χ1n) is 20.3. The standard InChI is InChI=1S/C45H33N5O9/c46-40-33-41(48-26-47-40)50(27-49-33)45(38(55)32-24-14-5-15-25-32)44(58,37(54)31-22-12-4-13-23-31)43(57,36(53)30-20-10-3-11-21-30)42(59-45,35(52)29-18-8-2-9-19-29)39(56)34(51)28-16-6-1-7-17-28/h1-27,39,56-58H,(H2,46,47,48)/t39?,42-,43-,44-,45-/m1/s1/i16D,18D,20D,22D,24D. The lowest BCUT2D eigenvalue weighted by molar-refractivity contribution is -0.166. The molecule has 1 aliphatic heterocycles. The first-order valence-corrected chi connectivity index (χ1v) is 17.8. The van der Waals surface area contributed by atoms with Gasteiger partial charge in [0.05, 0.1) is 6.85 Å². The van der Waals surface area contributed by atoms with E-state index in [0.29, 0.717) is 4.57 Å². The molecular formula is C45H33N5O9. The molecule has 59 heavy (non-hydrogen) atoms. The summed E-state index contributed by atoms with van der Waals surface area (Å²) in [6.07, 6.45) is -1.73. The molecule has 8 rings (SSSR count). The molecule has 292 valence electrons. The van der Waals surface area contributed by atoms with Crippen LogP contribution in [0.25, 0.3) is 11.2 Å².